The van der Waals surface area contributed by atoms with E-state index in [0.29, 0.717) is 16.5 Å². The van der Waals surface area contributed by atoms with Gasteiger partial charge in [-0.1, -0.05) is 16.8 Å². The van der Waals surface area contributed by atoms with Crippen molar-refractivity contribution in [2.75, 3.05) is 14.2 Å². The Morgan fingerprint density at radius 1 is 1.17 bits per heavy atom. The van der Waals surface area contributed by atoms with Crippen LogP contribution in [0.4, 0.5) is 5.69 Å². The van der Waals surface area contributed by atoms with Gasteiger partial charge in [0.15, 0.2) is 17.3 Å². The van der Waals surface area contributed by atoms with Crippen LogP contribution < -0.4 is 14.8 Å². The highest BCUT2D eigenvalue weighted by Gasteiger charge is 2.24. The summed E-state index contributed by atoms with van der Waals surface area (Å²) in [6.07, 6.45) is 0. The SMILES string of the molecule is COc1cc(C(=O)NCc2cc(-c3ccc(Cl)cc3)on2)c([N+](=O)[O-])cc1OC. The van der Waals surface area contributed by atoms with E-state index in [2.05, 4.69) is 10.5 Å². The molecule has 3 rings (SSSR count). The zero-order chi connectivity index (χ0) is 21.0. The number of carbonyl (C=O) groups is 1. The van der Waals surface area contributed by atoms with Gasteiger partial charge in [-0.25, -0.2) is 0 Å². The number of aromatic nitrogens is 1. The van der Waals surface area contributed by atoms with Crippen LogP contribution in [0.2, 0.25) is 5.02 Å². The molecule has 0 aliphatic heterocycles. The number of nitrogens with zero attached hydrogens (tertiary/aromatic N) is 2. The van der Waals surface area contributed by atoms with E-state index in [9.17, 15) is 14.9 Å². The molecule has 10 heteroatoms. The second-order valence-corrected chi connectivity index (χ2v) is 6.29. The van der Waals surface area contributed by atoms with Gasteiger partial charge in [0.05, 0.1) is 31.8 Å². The van der Waals surface area contributed by atoms with Crippen molar-refractivity contribution in [3.8, 4) is 22.8 Å². The van der Waals surface area contributed by atoms with Gasteiger partial charge >= 0.3 is 0 Å². The lowest BCUT2D eigenvalue weighted by atomic mass is 10.1. The Kier molecular flexibility index (Phi) is 5.99. The third-order valence-corrected chi connectivity index (χ3v) is 4.31. The second kappa shape index (κ2) is 8.61. The third-order valence-electron chi connectivity index (χ3n) is 4.06. The quantitative estimate of drug-likeness (QED) is 0.458. The van der Waals surface area contributed by atoms with Gasteiger partial charge in [-0.2, -0.15) is 0 Å². The summed E-state index contributed by atoms with van der Waals surface area (Å²) >= 11 is 5.86. The number of methoxy groups -OCH3 is 2. The molecule has 150 valence electrons. The molecular weight excluding hydrogens is 402 g/mol. The molecule has 0 atom stereocenters. The number of nitro groups is 1. The number of halogens is 1. The van der Waals surface area contributed by atoms with Crippen LogP contribution in [0.15, 0.2) is 47.0 Å². The van der Waals surface area contributed by atoms with Gasteiger partial charge in [0.2, 0.25) is 0 Å². The minimum atomic E-state index is -0.661. The molecule has 0 saturated carbocycles. The molecule has 1 amide bonds. The number of nitrogens with one attached hydrogen (secondary N) is 1. The Morgan fingerprint density at radius 3 is 2.45 bits per heavy atom. The molecule has 9 nitrogen and oxygen atoms in total. The molecule has 1 heterocycles. The molecular formula is C19H16ClN3O6. The van der Waals surface area contributed by atoms with Crippen molar-refractivity contribution in [3.63, 3.8) is 0 Å². The summed E-state index contributed by atoms with van der Waals surface area (Å²) in [5, 5.41) is 18.4. The molecule has 0 spiro atoms. The van der Waals surface area contributed by atoms with Crippen LogP contribution >= 0.6 is 11.6 Å². The molecule has 1 aromatic heterocycles. The van der Waals surface area contributed by atoms with Gasteiger partial charge in [-0.15, -0.1) is 0 Å². The highest BCUT2D eigenvalue weighted by atomic mass is 35.5. The maximum atomic E-state index is 12.5. The number of benzene rings is 2. The van der Waals surface area contributed by atoms with Gasteiger partial charge in [0, 0.05) is 22.7 Å². The number of ether oxygens (including phenoxy) is 2. The van der Waals surface area contributed by atoms with Gasteiger partial charge < -0.3 is 19.3 Å². The van der Waals surface area contributed by atoms with Crippen LogP contribution in [0.3, 0.4) is 0 Å². The first-order valence-corrected chi connectivity index (χ1v) is 8.71. The number of hydrogen-bond donors (Lipinski definition) is 1. The zero-order valence-electron chi connectivity index (χ0n) is 15.5. The topological polar surface area (TPSA) is 117 Å². The molecule has 0 aliphatic carbocycles. The largest absolute Gasteiger partial charge is 0.493 e. The fraction of sp³-hybridized carbons (Fsp3) is 0.158. The maximum absolute atomic E-state index is 12.5. The van der Waals surface area contributed by atoms with Crippen LogP contribution in [0.25, 0.3) is 11.3 Å². The average Bonchev–Trinajstić information content (AvgIpc) is 3.20. The molecule has 0 unspecified atom stereocenters. The van der Waals surface area contributed by atoms with Gasteiger partial charge in [-0.3, -0.25) is 14.9 Å². The summed E-state index contributed by atoms with van der Waals surface area (Å²) in [6.45, 7) is 0.0153. The Balaban J connectivity index is 1.77. The smallest absolute Gasteiger partial charge is 0.286 e. The van der Waals surface area contributed by atoms with Gasteiger partial charge in [-0.05, 0) is 24.3 Å². The number of hydrogen-bond acceptors (Lipinski definition) is 7. The molecule has 1 N–H and O–H groups in total. The lowest BCUT2D eigenvalue weighted by Gasteiger charge is -2.10. The fourth-order valence-electron chi connectivity index (χ4n) is 2.61. The highest BCUT2D eigenvalue weighted by Crippen LogP contribution is 2.34. The Bertz CT molecular complexity index is 1050. The van der Waals surface area contributed by atoms with E-state index < -0.39 is 16.5 Å². The van der Waals surface area contributed by atoms with Gasteiger partial charge in [0.1, 0.15) is 11.3 Å². The first-order valence-electron chi connectivity index (χ1n) is 8.33. The Hall–Kier alpha value is -3.59. The zero-order valence-corrected chi connectivity index (χ0v) is 16.2. The summed E-state index contributed by atoms with van der Waals surface area (Å²) in [7, 11) is 2.73. The van der Waals surface area contributed by atoms with Crippen LogP contribution in [0.1, 0.15) is 16.1 Å². The Labute approximate surface area is 170 Å². The van der Waals surface area contributed by atoms with Crippen LogP contribution in [-0.2, 0) is 6.54 Å². The number of nitro benzene ring substituents is 1. The van der Waals surface area contributed by atoms with E-state index in [1.54, 1.807) is 30.3 Å². The van der Waals surface area contributed by atoms with Crippen molar-refractivity contribution in [2.45, 2.75) is 6.54 Å². The molecule has 0 aliphatic rings. The standard InChI is InChI=1S/C19H16ClN3O6/c1-27-17-8-14(15(23(25)26)9-18(17)28-2)19(24)21-10-13-7-16(29-22-13)11-3-5-12(20)6-4-11/h3-9H,10H2,1-2H3,(H,21,24). The van der Waals surface area contributed by atoms with Crippen molar-refractivity contribution in [1.29, 1.82) is 0 Å². The number of carbonyl (C=O) groups excluding carboxylic acids is 1. The van der Waals surface area contributed by atoms with E-state index in [1.807, 2.05) is 0 Å². The summed E-state index contributed by atoms with van der Waals surface area (Å²) in [4.78, 5) is 23.2. The highest BCUT2D eigenvalue weighted by molar-refractivity contribution is 6.30. The number of rotatable bonds is 7. The van der Waals surface area contributed by atoms with E-state index in [4.69, 9.17) is 25.6 Å². The first-order chi connectivity index (χ1) is 13.9. The molecule has 0 fully saturated rings. The lowest BCUT2D eigenvalue weighted by molar-refractivity contribution is -0.385. The van der Waals surface area contributed by atoms with E-state index in [0.717, 1.165) is 11.6 Å². The van der Waals surface area contributed by atoms with Gasteiger partial charge in [0.25, 0.3) is 11.6 Å². The molecule has 2 aromatic carbocycles. The molecule has 0 saturated heterocycles. The fourth-order valence-corrected chi connectivity index (χ4v) is 2.74. The van der Waals surface area contributed by atoms with Crippen LogP contribution in [0, 0.1) is 10.1 Å². The average molecular weight is 418 g/mol. The normalized spacial score (nSPS) is 10.4. The van der Waals surface area contributed by atoms with Crippen molar-refractivity contribution in [2.24, 2.45) is 0 Å². The summed E-state index contributed by atoms with van der Waals surface area (Å²) in [6, 6.07) is 11.0. The van der Waals surface area contributed by atoms with Crippen molar-refractivity contribution < 1.29 is 23.7 Å². The van der Waals surface area contributed by atoms with E-state index in [-0.39, 0.29) is 23.6 Å². The van der Waals surface area contributed by atoms with E-state index in [1.165, 1.54) is 20.3 Å². The van der Waals surface area contributed by atoms with Crippen LogP contribution in [0.5, 0.6) is 11.5 Å². The third kappa shape index (κ3) is 4.46. The second-order valence-electron chi connectivity index (χ2n) is 5.85. The van der Waals surface area contributed by atoms with Crippen molar-refractivity contribution >= 4 is 23.2 Å². The van der Waals surface area contributed by atoms with E-state index >= 15 is 0 Å². The predicted molar refractivity (Wildman–Crippen MR) is 104 cm³/mol. The lowest BCUT2D eigenvalue weighted by Crippen LogP contribution is -2.24. The summed E-state index contributed by atoms with van der Waals surface area (Å²) < 4.78 is 15.4. The number of amides is 1. The van der Waals surface area contributed by atoms with Crippen molar-refractivity contribution in [3.05, 3.63) is 68.9 Å². The summed E-state index contributed by atoms with van der Waals surface area (Å²) in [5.74, 6) is 0.200. The minimum Gasteiger partial charge on any atom is -0.493 e. The molecule has 0 bridgehead atoms. The molecule has 0 radical (unpaired) electrons. The molecule has 29 heavy (non-hydrogen) atoms. The first kappa shape index (κ1) is 20.2. The summed E-state index contributed by atoms with van der Waals surface area (Å²) in [5.41, 5.74) is 0.665. The van der Waals surface area contributed by atoms with Crippen LogP contribution in [-0.4, -0.2) is 30.2 Å². The predicted octanol–water partition coefficient (Wildman–Crippen LogP) is 3.85. The minimum absolute atomic E-state index is 0.0153. The maximum Gasteiger partial charge on any atom is 0.286 e. The Morgan fingerprint density at radius 2 is 1.83 bits per heavy atom. The van der Waals surface area contributed by atoms with Crippen molar-refractivity contribution in [1.82, 2.24) is 10.5 Å². The monoisotopic (exact) mass is 417 g/mol. The molecule has 3 aromatic rings.